The van der Waals surface area contributed by atoms with Crippen LogP contribution in [0.4, 0.5) is 5.69 Å². The van der Waals surface area contributed by atoms with E-state index in [1.54, 1.807) is 34.9 Å². The van der Waals surface area contributed by atoms with Gasteiger partial charge in [-0.2, -0.15) is 0 Å². The number of amides is 2. The fraction of sp³-hybridized carbons (Fsp3) is 0.394. The van der Waals surface area contributed by atoms with Gasteiger partial charge >= 0.3 is 0 Å². The molecule has 208 valence electrons. The Bertz CT molecular complexity index is 1210. The number of aliphatic hydroxyl groups is 2. The fourth-order valence-corrected chi connectivity index (χ4v) is 4.88. The summed E-state index contributed by atoms with van der Waals surface area (Å²) in [6, 6.07) is 17.0. The van der Waals surface area contributed by atoms with Crippen LogP contribution in [-0.4, -0.2) is 46.6 Å². The molecule has 2 aromatic rings. The molecule has 2 amide bonds. The van der Waals surface area contributed by atoms with Gasteiger partial charge in [-0.1, -0.05) is 90.9 Å². The molecule has 0 radical (unpaired) electrons. The van der Waals surface area contributed by atoms with Gasteiger partial charge in [0.1, 0.15) is 0 Å². The van der Waals surface area contributed by atoms with Gasteiger partial charge in [-0.05, 0) is 45.2 Å². The van der Waals surface area contributed by atoms with E-state index in [1.165, 1.54) is 11.1 Å². The Morgan fingerprint density at radius 3 is 2.44 bits per heavy atom. The first-order valence-corrected chi connectivity index (χ1v) is 13.7. The standard InChI is InChI=1S/C33H42N2O4/c1-25(2)12-10-13-26(3)20-21-35-30-18-9-8-17-29(30)33(39,32(35)38)27(4)14-11-19-31(37)34(22-23-36)24-28-15-6-5-7-16-28/h5-9,11-12,14-18,20,27,36,39H,10,13,19,21-24H2,1-4H3/b14-11+,26-20+/t27-,33+/m0/s1. The molecule has 39 heavy (non-hydrogen) atoms. The van der Waals surface area contributed by atoms with E-state index >= 15 is 0 Å². The van der Waals surface area contributed by atoms with Crippen molar-refractivity contribution in [1.82, 2.24) is 4.90 Å². The van der Waals surface area contributed by atoms with Gasteiger partial charge in [0.2, 0.25) is 5.91 Å². The third-order valence-corrected chi connectivity index (χ3v) is 7.21. The predicted octanol–water partition coefficient (Wildman–Crippen LogP) is 5.52. The van der Waals surface area contributed by atoms with Gasteiger partial charge in [0.05, 0.1) is 12.3 Å². The number of hydrogen-bond acceptors (Lipinski definition) is 4. The zero-order valence-corrected chi connectivity index (χ0v) is 23.6. The first kappa shape index (κ1) is 30.1. The number of nitrogens with zero attached hydrogens (tertiary/aromatic N) is 2. The van der Waals surface area contributed by atoms with Gasteiger partial charge in [0, 0.05) is 37.5 Å². The molecule has 2 aromatic carbocycles. The van der Waals surface area contributed by atoms with Crippen molar-refractivity contribution in [1.29, 1.82) is 0 Å². The van der Waals surface area contributed by atoms with Crippen LogP contribution in [0.25, 0.3) is 0 Å². The van der Waals surface area contributed by atoms with Crippen LogP contribution >= 0.6 is 0 Å². The summed E-state index contributed by atoms with van der Waals surface area (Å²) < 4.78 is 0. The summed E-state index contributed by atoms with van der Waals surface area (Å²) in [7, 11) is 0. The lowest BCUT2D eigenvalue weighted by Crippen LogP contribution is -2.44. The highest BCUT2D eigenvalue weighted by atomic mass is 16.3. The average Bonchev–Trinajstić information content (AvgIpc) is 3.14. The quantitative estimate of drug-likeness (QED) is 0.334. The van der Waals surface area contributed by atoms with Crippen LogP contribution < -0.4 is 4.90 Å². The molecule has 2 N–H and O–H groups in total. The molecule has 0 aromatic heterocycles. The summed E-state index contributed by atoms with van der Waals surface area (Å²) in [6.45, 7) is 8.96. The monoisotopic (exact) mass is 530 g/mol. The van der Waals surface area contributed by atoms with Gasteiger partial charge in [-0.3, -0.25) is 9.59 Å². The van der Waals surface area contributed by atoms with E-state index in [1.807, 2.05) is 48.5 Å². The lowest BCUT2D eigenvalue weighted by Gasteiger charge is -2.27. The largest absolute Gasteiger partial charge is 0.395 e. The highest BCUT2D eigenvalue weighted by Crippen LogP contribution is 2.45. The van der Waals surface area contributed by atoms with Crippen LogP contribution in [0.1, 0.15) is 58.1 Å². The lowest BCUT2D eigenvalue weighted by atomic mass is 9.83. The van der Waals surface area contributed by atoms with Crippen LogP contribution in [0, 0.1) is 5.92 Å². The first-order valence-electron chi connectivity index (χ1n) is 13.7. The molecule has 0 aliphatic carbocycles. The molecule has 0 unspecified atom stereocenters. The highest BCUT2D eigenvalue weighted by Gasteiger charge is 2.52. The Morgan fingerprint density at radius 2 is 1.74 bits per heavy atom. The van der Waals surface area contributed by atoms with Crippen molar-refractivity contribution in [3.05, 3.63) is 101 Å². The van der Waals surface area contributed by atoms with Crippen molar-refractivity contribution in [2.75, 3.05) is 24.6 Å². The summed E-state index contributed by atoms with van der Waals surface area (Å²) in [5.41, 5.74) is 3.06. The maximum Gasteiger partial charge on any atom is 0.264 e. The van der Waals surface area contributed by atoms with E-state index < -0.39 is 11.5 Å². The van der Waals surface area contributed by atoms with Crippen molar-refractivity contribution >= 4 is 17.5 Å². The van der Waals surface area contributed by atoms with E-state index in [2.05, 4.69) is 32.9 Å². The van der Waals surface area contributed by atoms with Gasteiger partial charge in [-0.25, -0.2) is 0 Å². The summed E-state index contributed by atoms with van der Waals surface area (Å²) in [6.07, 6.45) is 9.71. The molecule has 0 saturated carbocycles. The maximum atomic E-state index is 13.6. The third kappa shape index (κ3) is 7.55. The SMILES string of the molecule is CC(C)=CCC/C(C)=C/CN1C(=O)[C@@](O)([C@@H](C)/C=C/CC(=O)N(CCO)Cc2ccccc2)c2ccccc21. The van der Waals surface area contributed by atoms with E-state index in [9.17, 15) is 19.8 Å². The normalized spacial score (nSPS) is 17.8. The van der Waals surface area contributed by atoms with Gasteiger partial charge < -0.3 is 20.0 Å². The van der Waals surface area contributed by atoms with Crippen LogP contribution in [0.5, 0.6) is 0 Å². The number of carbonyl (C=O) groups is 2. The van der Waals surface area contributed by atoms with Gasteiger partial charge in [0.25, 0.3) is 5.91 Å². The topological polar surface area (TPSA) is 81.1 Å². The zero-order chi connectivity index (χ0) is 28.4. The van der Waals surface area contributed by atoms with Crippen LogP contribution in [0.3, 0.4) is 0 Å². The Kier molecular flexibility index (Phi) is 10.8. The van der Waals surface area contributed by atoms with Gasteiger partial charge in [-0.15, -0.1) is 0 Å². The first-order chi connectivity index (χ1) is 18.7. The van der Waals surface area contributed by atoms with Crippen LogP contribution in [0.2, 0.25) is 0 Å². The third-order valence-electron chi connectivity index (χ3n) is 7.21. The van der Waals surface area contributed by atoms with Gasteiger partial charge in [0.15, 0.2) is 5.60 Å². The van der Waals surface area contributed by atoms with Crippen molar-refractivity contribution in [3.63, 3.8) is 0 Å². The summed E-state index contributed by atoms with van der Waals surface area (Å²) in [4.78, 5) is 29.8. The minimum atomic E-state index is -1.71. The van der Waals surface area contributed by atoms with Crippen LogP contribution in [-0.2, 0) is 21.7 Å². The number of benzene rings is 2. The minimum absolute atomic E-state index is 0.112. The summed E-state index contributed by atoms with van der Waals surface area (Å²) in [5, 5.41) is 21.2. The smallest absolute Gasteiger partial charge is 0.264 e. The molecule has 0 spiro atoms. The average molecular weight is 531 g/mol. The zero-order valence-electron chi connectivity index (χ0n) is 23.6. The molecule has 3 rings (SSSR count). The molecular formula is C33H42N2O4. The molecular weight excluding hydrogens is 488 g/mol. The second-order valence-electron chi connectivity index (χ2n) is 10.5. The number of anilines is 1. The second kappa shape index (κ2) is 14.1. The number of fused-ring (bicyclic) bond motifs is 1. The second-order valence-corrected chi connectivity index (χ2v) is 10.5. The summed E-state index contributed by atoms with van der Waals surface area (Å²) >= 11 is 0. The number of aliphatic hydroxyl groups excluding tert-OH is 1. The molecule has 0 bridgehead atoms. The Balaban J connectivity index is 1.71. The molecule has 0 fully saturated rings. The molecule has 6 heteroatoms. The highest BCUT2D eigenvalue weighted by molar-refractivity contribution is 6.07. The molecule has 1 aliphatic heterocycles. The molecule has 0 saturated heterocycles. The number of carbonyl (C=O) groups excluding carboxylic acids is 2. The molecule has 1 heterocycles. The number of para-hydroxylation sites is 1. The van der Waals surface area contributed by atoms with E-state index in [-0.39, 0.29) is 31.4 Å². The molecule has 1 aliphatic rings. The Labute approximate surface area is 233 Å². The van der Waals surface area contributed by atoms with Crippen LogP contribution in [0.15, 0.2) is 90.0 Å². The lowest BCUT2D eigenvalue weighted by molar-refractivity contribution is -0.139. The molecule has 2 atom stereocenters. The number of hydrogen-bond donors (Lipinski definition) is 2. The number of allylic oxidation sites excluding steroid dienone is 3. The van der Waals surface area contributed by atoms with E-state index in [0.717, 1.165) is 18.4 Å². The Morgan fingerprint density at radius 1 is 1.05 bits per heavy atom. The fourth-order valence-electron chi connectivity index (χ4n) is 4.88. The van der Waals surface area contributed by atoms with E-state index in [4.69, 9.17) is 0 Å². The van der Waals surface area contributed by atoms with Crippen molar-refractivity contribution in [2.45, 2.75) is 59.1 Å². The maximum absolute atomic E-state index is 13.6. The predicted molar refractivity (Wildman–Crippen MR) is 157 cm³/mol. The van der Waals surface area contributed by atoms with Crippen molar-refractivity contribution in [2.24, 2.45) is 5.92 Å². The van der Waals surface area contributed by atoms with E-state index in [0.29, 0.717) is 24.3 Å². The minimum Gasteiger partial charge on any atom is -0.395 e. The number of rotatable bonds is 13. The summed E-state index contributed by atoms with van der Waals surface area (Å²) in [5.74, 6) is -1.03. The Hall–Kier alpha value is -3.48. The van der Waals surface area contributed by atoms with Crippen molar-refractivity contribution in [3.8, 4) is 0 Å². The molecule has 6 nitrogen and oxygen atoms in total. The van der Waals surface area contributed by atoms with Crippen molar-refractivity contribution < 1.29 is 19.8 Å².